The Bertz CT molecular complexity index is 793. The monoisotopic (exact) mass is 277 g/mol. The number of benzene rings is 2. The van der Waals surface area contributed by atoms with E-state index in [0.717, 1.165) is 22.2 Å². The van der Waals surface area contributed by atoms with Crippen LogP contribution < -0.4 is 11.1 Å². The Morgan fingerprint density at radius 1 is 1.05 bits per heavy atom. The molecule has 0 atom stereocenters. The molecular weight excluding hydrogens is 262 g/mol. The summed E-state index contributed by atoms with van der Waals surface area (Å²) in [5.41, 5.74) is 8.75. The van der Waals surface area contributed by atoms with E-state index in [4.69, 9.17) is 5.73 Å². The Hall–Kier alpha value is -2.72. The summed E-state index contributed by atoms with van der Waals surface area (Å²) in [6, 6.07) is 16.8. The third-order valence-corrected chi connectivity index (χ3v) is 3.38. The largest absolute Gasteiger partial charge is 0.326 e. The van der Waals surface area contributed by atoms with Crippen molar-refractivity contribution >= 4 is 22.5 Å². The number of nitrogens with zero attached hydrogens (tertiary/aromatic N) is 1. The highest BCUT2D eigenvalue weighted by molar-refractivity contribution is 6.12. The first kappa shape index (κ1) is 13.3. The van der Waals surface area contributed by atoms with E-state index in [0.29, 0.717) is 12.1 Å². The summed E-state index contributed by atoms with van der Waals surface area (Å²) in [5.74, 6) is -0.158. The molecule has 0 saturated heterocycles. The van der Waals surface area contributed by atoms with Gasteiger partial charge in [0.05, 0.1) is 11.1 Å². The first-order chi connectivity index (χ1) is 10.3. The number of carbonyl (C=O) groups excluding carboxylic acids is 1. The number of nitrogens with two attached hydrogens (primary N) is 1. The number of rotatable bonds is 3. The highest BCUT2D eigenvalue weighted by atomic mass is 16.1. The molecule has 4 heteroatoms. The minimum absolute atomic E-state index is 0.158. The maximum atomic E-state index is 12.5. The molecule has 0 aliphatic rings. The third-order valence-electron chi connectivity index (χ3n) is 3.38. The molecule has 1 heterocycles. The molecule has 0 aliphatic heterocycles. The molecule has 0 fully saturated rings. The Labute approximate surface area is 122 Å². The van der Waals surface area contributed by atoms with Crippen LogP contribution in [-0.4, -0.2) is 10.9 Å². The molecule has 2 aromatic carbocycles. The quantitative estimate of drug-likeness (QED) is 0.773. The van der Waals surface area contributed by atoms with Crippen LogP contribution in [0.2, 0.25) is 0 Å². The first-order valence-electron chi connectivity index (χ1n) is 6.72. The summed E-state index contributed by atoms with van der Waals surface area (Å²) in [5, 5.41) is 3.76. The van der Waals surface area contributed by atoms with Crippen molar-refractivity contribution in [3.05, 3.63) is 71.9 Å². The number of carbonyl (C=O) groups is 1. The fourth-order valence-electron chi connectivity index (χ4n) is 2.30. The predicted octanol–water partition coefficient (Wildman–Crippen LogP) is 2.95. The number of hydrogen-bond acceptors (Lipinski definition) is 3. The molecule has 0 spiro atoms. The van der Waals surface area contributed by atoms with Crippen molar-refractivity contribution in [2.45, 2.75) is 6.54 Å². The van der Waals surface area contributed by atoms with Crippen LogP contribution >= 0.6 is 0 Å². The minimum Gasteiger partial charge on any atom is -0.326 e. The normalized spacial score (nSPS) is 10.5. The second-order valence-corrected chi connectivity index (χ2v) is 4.69. The average Bonchev–Trinajstić information content (AvgIpc) is 2.54. The number of para-hydroxylation sites is 2. The Kier molecular flexibility index (Phi) is 3.62. The van der Waals surface area contributed by atoms with Crippen molar-refractivity contribution in [3.8, 4) is 0 Å². The lowest BCUT2D eigenvalue weighted by Gasteiger charge is -2.10. The number of hydrogen-bond donors (Lipinski definition) is 2. The lowest BCUT2D eigenvalue weighted by molar-refractivity contribution is 0.102. The van der Waals surface area contributed by atoms with Crippen molar-refractivity contribution in [2.75, 3.05) is 5.32 Å². The standard InChI is InChI=1S/C17H15N3O/c18-11-12-5-1-3-7-15(12)20-17(21)14-9-10-19-16-8-4-2-6-13(14)16/h1-10H,11,18H2,(H,20,21). The van der Waals surface area contributed by atoms with Crippen LogP contribution in [0.3, 0.4) is 0 Å². The van der Waals surface area contributed by atoms with Gasteiger partial charge in [-0.3, -0.25) is 9.78 Å². The van der Waals surface area contributed by atoms with Crippen molar-refractivity contribution < 1.29 is 4.79 Å². The van der Waals surface area contributed by atoms with Crippen LogP contribution in [0.15, 0.2) is 60.8 Å². The van der Waals surface area contributed by atoms with Gasteiger partial charge in [0.2, 0.25) is 0 Å². The molecule has 0 aliphatic carbocycles. The number of pyridine rings is 1. The van der Waals surface area contributed by atoms with Gasteiger partial charge in [0.25, 0.3) is 5.91 Å². The Morgan fingerprint density at radius 3 is 2.67 bits per heavy atom. The van der Waals surface area contributed by atoms with Crippen molar-refractivity contribution in [1.82, 2.24) is 4.98 Å². The highest BCUT2D eigenvalue weighted by Gasteiger charge is 2.11. The Balaban J connectivity index is 1.98. The van der Waals surface area contributed by atoms with Gasteiger partial charge in [0.15, 0.2) is 0 Å². The van der Waals surface area contributed by atoms with Gasteiger partial charge in [-0.25, -0.2) is 0 Å². The van der Waals surface area contributed by atoms with Gasteiger partial charge >= 0.3 is 0 Å². The molecule has 4 nitrogen and oxygen atoms in total. The van der Waals surface area contributed by atoms with Crippen LogP contribution in [0, 0.1) is 0 Å². The van der Waals surface area contributed by atoms with E-state index in [1.54, 1.807) is 12.3 Å². The molecule has 104 valence electrons. The fourth-order valence-corrected chi connectivity index (χ4v) is 2.30. The molecule has 0 bridgehead atoms. The van der Waals surface area contributed by atoms with Crippen LogP contribution in [0.1, 0.15) is 15.9 Å². The van der Waals surface area contributed by atoms with Gasteiger partial charge in [0, 0.05) is 23.8 Å². The van der Waals surface area contributed by atoms with E-state index < -0.39 is 0 Å². The van der Waals surface area contributed by atoms with Gasteiger partial charge in [0.1, 0.15) is 0 Å². The molecule has 1 aromatic heterocycles. The first-order valence-corrected chi connectivity index (χ1v) is 6.72. The topological polar surface area (TPSA) is 68.0 Å². The van der Waals surface area contributed by atoms with Gasteiger partial charge in [-0.2, -0.15) is 0 Å². The zero-order valence-corrected chi connectivity index (χ0v) is 11.4. The molecule has 3 aromatic rings. The fraction of sp³-hybridized carbons (Fsp3) is 0.0588. The summed E-state index contributed by atoms with van der Waals surface area (Å²) >= 11 is 0. The molecule has 0 radical (unpaired) electrons. The maximum absolute atomic E-state index is 12.5. The number of aromatic nitrogens is 1. The maximum Gasteiger partial charge on any atom is 0.256 e. The van der Waals surface area contributed by atoms with Gasteiger partial charge < -0.3 is 11.1 Å². The summed E-state index contributed by atoms with van der Waals surface area (Å²) < 4.78 is 0. The molecular formula is C17H15N3O. The van der Waals surface area contributed by atoms with E-state index in [9.17, 15) is 4.79 Å². The van der Waals surface area contributed by atoms with Crippen molar-refractivity contribution in [3.63, 3.8) is 0 Å². The second-order valence-electron chi connectivity index (χ2n) is 4.69. The summed E-state index contributed by atoms with van der Waals surface area (Å²) in [6.45, 7) is 0.382. The number of amides is 1. The van der Waals surface area contributed by atoms with Gasteiger partial charge in [-0.15, -0.1) is 0 Å². The van der Waals surface area contributed by atoms with Gasteiger partial charge in [-0.1, -0.05) is 36.4 Å². The number of anilines is 1. The number of fused-ring (bicyclic) bond motifs is 1. The predicted molar refractivity (Wildman–Crippen MR) is 84.0 cm³/mol. The zero-order valence-electron chi connectivity index (χ0n) is 11.4. The van der Waals surface area contributed by atoms with Crippen LogP contribution in [0.25, 0.3) is 10.9 Å². The van der Waals surface area contributed by atoms with E-state index in [2.05, 4.69) is 10.3 Å². The highest BCUT2D eigenvalue weighted by Crippen LogP contribution is 2.19. The molecule has 1 amide bonds. The minimum atomic E-state index is -0.158. The third kappa shape index (κ3) is 2.61. The molecule has 3 rings (SSSR count). The van der Waals surface area contributed by atoms with Crippen LogP contribution in [0.4, 0.5) is 5.69 Å². The summed E-state index contributed by atoms with van der Waals surface area (Å²) in [7, 11) is 0. The van der Waals surface area contributed by atoms with Crippen molar-refractivity contribution in [2.24, 2.45) is 5.73 Å². The van der Waals surface area contributed by atoms with E-state index in [-0.39, 0.29) is 5.91 Å². The SMILES string of the molecule is NCc1ccccc1NC(=O)c1ccnc2ccccc12. The lowest BCUT2D eigenvalue weighted by atomic mass is 10.1. The molecule has 0 unspecified atom stereocenters. The molecule has 0 saturated carbocycles. The molecule has 3 N–H and O–H groups in total. The smallest absolute Gasteiger partial charge is 0.256 e. The summed E-state index contributed by atoms with van der Waals surface area (Å²) in [4.78, 5) is 16.8. The van der Waals surface area contributed by atoms with Crippen molar-refractivity contribution in [1.29, 1.82) is 0 Å². The van der Waals surface area contributed by atoms with E-state index >= 15 is 0 Å². The lowest BCUT2D eigenvalue weighted by Crippen LogP contribution is -2.14. The Morgan fingerprint density at radius 2 is 1.81 bits per heavy atom. The van der Waals surface area contributed by atoms with Crippen LogP contribution in [0.5, 0.6) is 0 Å². The second kappa shape index (κ2) is 5.73. The van der Waals surface area contributed by atoms with Crippen LogP contribution in [-0.2, 0) is 6.54 Å². The zero-order chi connectivity index (χ0) is 14.7. The summed E-state index contributed by atoms with van der Waals surface area (Å²) in [6.07, 6.45) is 1.64. The van der Waals surface area contributed by atoms with E-state index in [1.807, 2.05) is 48.5 Å². The van der Waals surface area contributed by atoms with Gasteiger partial charge in [-0.05, 0) is 23.8 Å². The van der Waals surface area contributed by atoms with E-state index in [1.165, 1.54) is 0 Å². The number of nitrogens with one attached hydrogen (secondary N) is 1. The molecule has 21 heavy (non-hydrogen) atoms. The average molecular weight is 277 g/mol.